The number of hydrogen-bond donors (Lipinski definition) is 2. The number of thioether (sulfide) groups is 1. The third kappa shape index (κ3) is 6.72. The molecule has 1 aliphatic heterocycles. The standard InChI is InChI=1S/C29H34N4O4S3/c1-21-15-23-17-25(31-28(23)26(16-21)32(2)40(35,36)27-9-6-14-38-27)29(34)30-18-24(19-33-10-12-37-13-11-33)39-20-22-7-4-3-5-8-22/h3-9,14-17,24,31H,10-13,18-20H2,1-2H3,(H,30,34). The number of aromatic amines is 1. The van der Waals surface area contributed by atoms with Crippen LogP contribution in [0.2, 0.25) is 0 Å². The molecule has 2 N–H and O–H groups in total. The SMILES string of the molecule is Cc1cc(N(C)S(=O)(=O)c2cccs2)c2[nH]c(C(=O)NCC(CN3CCOCC3)SCc3ccccc3)cc2c1. The van der Waals surface area contributed by atoms with Gasteiger partial charge < -0.3 is 15.0 Å². The number of H-pyrrole nitrogens is 1. The number of carbonyl (C=O) groups excluding carboxylic acids is 1. The zero-order valence-electron chi connectivity index (χ0n) is 22.6. The number of aryl methyl sites for hydroxylation is 1. The predicted molar refractivity (Wildman–Crippen MR) is 164 cm³/mol. The number of nitrogens with one attached hydrogen (secondary N) is 2. The maximum atomic E-state index is 13.3. The van der Waals surface area contributed by atoms with Crippen molar-refractivity contribution in [2.45, 2.75) is 22.1 Å². The highest BCUT2D eigenvalue weighted by atomic mass is 32.2. The van der Waals surface area contributed by atoms with E-state index < -0.39 is 10.0 Å². The van der Waals surface area contributed by atoms with E-state index in [1.54, 1.807) is 30.6 Å². The number of anilines is 1. The summed E-state index contributed by atoms with van der Waals surface area (Å²) in [5, 5.41) is 5.86. The van der Waals surface area contributed by atoms with Crippen molar-refractivity contribution in [3.8, 4) is 0 Å². The molecule has 5 rings (SSSR count). The minimum Gasteiger partial charge on any atom is -0.379 e. The summed E-state index contributed by atoms with van der Waals surface area (Å²) in [7, 11) is -2.17. The Morgan fingerprint density at radius 3 is 2.65 bits per heavy atom. The average Bonchev–Trinajstić information content (AvgIpc) is 3.66. The lowest BCUT2D eigenvalue weighted by Gasteiger charge is -2.30. The summed E-state index contributed by atoms with van der Waals surface area (Å²) < 4.78 is 33.5. The van der Waals surface area contributed by atoms with Gasteiger partial charge in [-0.3, -0.25) is 14.0 Å². The molecule has 0 radical (unpaired) electrons. The minimum absolute atomic E-state index is 0.200. The molecule has 4 aromatic rings. The van der Waals surface area contributed by atoms with Gasteiger partial charge in [-0.25, -0.2) is 8.42 Å². The fourth-order valence-corrected chi connectivity index (χ4v) is 8.25. The van der Waals surface area contributed by atoms with E-state index in [9.17, 15) is 13.2 Å². The molecule has 11 heteroatoms. The molecule has 0 spiro atoms. The van der Waals surface area contributed by atoms with E-state index in [1.165, 1.54) is 21.2 Å². The van der Waals surface area contributed by atoms with Gasteiger partial charge in [0, 0.05) is 49.6 Å². The zero-order chi connectivity index (χ0) is 28.1. The van der Waals surface area contributed by atoms with E-state index in [0.717, 1.165) is 49.6 Å². The maximum Gasteiger partial charge on any atom is 0.273 e. The van der Waals surface area contributed by atoms with Crippen LogP contribution in [0.5, 0.6) is 0 Å². The molecule has 1 amide bonds. The van der Waals surface area contributed by atoms with Crippen molar-refractivity contribution in [3.63, 3.8) is 0 Å². The Bertz CT molecular complexity index is 1530. The van der Waals surface area contributed by atoms with E-state index in [0.29, 0.717) is 23.4 Å². The first-order valence-corrected chi connectivity index (χ1v) is 16.6. The van der Waals surface area contributed by atoms with Crippen LogP contribution in [-0.4, -0.2) is 75.9 Å². The number of nitrogens with zero attached hydrogens (tertiary/aromatic N) is 2. The molecular weight excluding hydrogens is 565 g/mol. The van der Waals surface area contributed by atoms with Crippen LogP contribution in [0.3, 0.4) is 0 Å². The number of carbonyl (C=O) groups is 1. The van der Waals surface area contributed by atoms with Crippen LogP contribution < -0.4 is 9.62 Å². The second-order valence-corrected chi connectivity index (χ2v) is 14.3. The van der Waals surface area contributed by atoms with E-state index >= 15 is 0 Å². The summed E-state index contributed by atoms with van der Waals surface area (Å²) in [6, 6.07) is 19.2. The first-order chi connectivity index (χ1) is 19.3. The van der Waals surface area contributed by atoms with Gasteiger partial charge in [0.15, 0.2) is 0 Å². The van der Waals surface area contributed by atoms with Gasteiger partial charge in [-0.05, 0) is 47.7 Å². The van der Waals surface area contributed by atoms with E-state index in [4.69, 9.17) is 4.74 Å². The number of amides is 1. The van der Waals surface area contributed by atoms with Crippen molar-refractivity contribution in [3.05, 3.63) is 82.9 Å². The first kappa shape index (κ1) is 28.7. The molecule has 0 bridgehead atoms. The first-order valence-electron chi connectivity index (χ1n) is 13.2. The minimum atomic E-state index is -3.72. The Balaban J connectivity index is 1.32. The number of rotatable bonds is 11. The van der Waals surface area contributed by atoms with Crippen molar-refractivity contribution in [1.82, 2.24) is 15.2 Å². The summed E-state index contributed by atoms with van der Waals surface area (Å²) in [5.74, 6) is 0.655. The Kier molecular flexibility index (Phi) is 9.17. The van der Waals surface area contributed by atoms with Gasteiger partial charge >= 0.3 is 0 Å². The van der Waals surface area contributed by atoms with Crippen LogP contribution in [-0.2, 0) is 20.5 Å². The summed E-state index contributed by atoms with van der Waals surface area (Å²) in [6.07, 6.45) is 0. The predicted octanol–water partition coefficient (Wildman–Crippen LogP) is 4.73. The molecular formula is C29H34N4O4S3. The van der Waals surface area contributed by atoms with Crippen molar-refractivity contribution in [2.75, 3.05) is 50.7 Å². The largest absolute Gasteiger partial charge is 0.379 e. The number of aromatic nitrogens is 1. The van der Waals surface area contributed by atoms with Crippen molar-refractivity contribution >= 4 is 55.6 Å². The average molecular weight is 599 g/mol. The molecule has 3 heterocycles. The number of sulfonamides is 1. The van der Waals surface area contributed by atoms with Crippen LogP contribution in [0.15, 0.2) is 70.3 Å². The Morgan fingerprint density at radius 2 is 1.93 bits per heavy atom. The Morgan fingerprint density at radius 1 is 1.15 bits per heavy atom. The fourth-order valence-electron chi connectivity index (χ4n) is 4.75. The molecule has 1 fully saturated rings. The van der Waals surface area contributed by atoms with Gasteiger partial charge in [0.2, 0.25) is 0 Å². The molecule has 1 aliphatic rings. The van der Waals surface area contributed by atoms with Crippen LogP contribution in [0.25, 0.3) is 10.9 Å². The Hall–Kier alpha value is -2.83. The van der Waals surface area contributed by atoms with Gasteiger partial charge in [-0.1, -0.05) is 36.4 Å². The lowest BCUT2D eigenvalue weighted by molar-refractivity contribution is 0.0381. The number of thiophene rings is 1. The third-order valence-corrected chi connectivity index (χ3v) is 11.4. The topological polar surface area (TPSA) is 94.7 Å². The maximum absolute atomic E-state index is 13.3. The number of morpholine rings is 1. The molecule has 1 saturated heterocycles. The van der Waals surface area contributed by atoms with Gasteiger partial charge in [0.05, 0.1) is 24.4 Å². The molecule has 2 aromatic carbocycles. The number of ether oxygens (including phenoxy) is 1. The molecule has 0 aliphatic carbocycles. The van der Waals surface area contributed by atoms with Gasteiger partial charge in [0.1, 0.15) is 9.90 Å². The highest BCUT2D eigenvalue weighted by Crippen LogP contribution is 2.32. The summed E-state index contributed by atoms with van der Waals surface area (Å²) in [4.78, 5) is 18.9. The van der Waals surface area contributed by atoms with Crippen molar-refractivity contribution < 1.29 is 17.9 Å². The van der Waals surface area contributed by atoms with E-state index in [1.807, 2.05) is 49.0 Å². The Labute approximate surface area is 243 Å². The van der Waals surface area contributed by atoms with Crippen LogP contribution in [0, 0.1) is 6.92 Å². The molecule has 212 valence electrons. The summed E-state index contributed by atoms with van der Waals surface area (Å²) >= 11 is 3.02. The van der Waals surface area contributed by atoms with Crippen molar-refractivity contribution in [2.24, 2.45) is 0 Å². The van der Waals surface area contributed by atoms with Crippen molar-refractivity contribution in [1.29, 1.82) is 0 Å². The quantitative estimate of drug-likeness (QED) is 0.259. The van der Waals surface area contributed by atoms with Gasteiger partial charge in [-0.2, -0.15) is 11.8 Å². The van der Waals surface area contributed by atoms with Crippen LogP contribution in [0.4, 0.5) is 5.69 Å². The lowest BCUT2D eigenvalue weighted by atomic mass is 10.1. The van der Waals surface area contributed by atoms with Gasteiger partial charge in [-0.15, -0.1) is 11.3 Å². The van der Waals surface area contributed by atoms with Crippen LogP contribution >= 0.6 is 23.1 Å². The van der Waals surface area contributed by atoms with E-state index in [2.05, 4.69) is 27.3 Å². The molecule has 40 heavy (non-hydrogen) atoms. The van der Waals surface area contributed by atoms with Crippen LogP contribution in [0.1, 0.15) is 21.6 Å². The van der Waals surface area contributed by atoms with Gasteiger partial charge in [0.25, 0.3) is 15.9 Å². The molecule has 1 atom stereocenters. The lowest BCUT2D eigenvalue weighted by Crippen LogP contribution is -2.43. The monoisotopic (exact) mass is 598 g/mol. The molecule has 0 saturated carbocycles. The zero-order valence-corrected chi connectivity index (χ0v) is 25.1. The number of fused-ring (bicyclic) bond motifs is 1. The third-order valence-electron chi connectivity index (χ3n) is 6.93. The van der Waals surface area contributed by atoms with E-state index in [-0.39, 0.29) is 15.4 Å². The number of benzene rings is 2. The highest BCUT2D eigenvalue weighted by Gasteiger charge is 2.25. The summed E-state index contributed by atoms with van der Waals surface area (Å²) in [5.41, 5.74) is 3.69. The molecule has 2 aromatic heterocycles. The fraction of sp³-hybridized carbons (Fsp3) is 0.345. The molecule has 8 nitrogen and oxygen atoms in total. The normalized spacial score (nSPS) is 15.2. The summed E-state index contributed by atoms with van der Waals surface area (Å²) in [6.45, 7) is 6.54. The second-order valence-electron chi connectivity index (χ2n) is 9.88. The smallest absolute Gasteiger partial charge is 0.273 e. The second kappa shape index (κ2) is 12.8. The highest BCUT2D eigenvalue weighted by molar-refractivity contribution is 7.99. The number of hydrogen-bond acceptors (Lipinski definition) is 7. The molecule has 1 unspecified atom stereocenters.